The molecule has 16 heavy (non-hydrogen) atoms. The molecule has 0 saturated heterocycles. The number of thioether (sulfide) groups is 1. The Bertz CT molecular complexity index is 441. The van der Waals surface area contributed by atoms with E-state index in [4.69, 9.17) is 0 Å². The van der Waals surface area contributed by atoms with E-state index in [0.717, 1.165) is 0 Å². The maximum Gasteiger partial charge on any atom is 0.0210 e. The largest absolute Gasteiger partial charge is 0.119 e. The summed E-state index contributed by atoms with van der Waals surface area (Å²) in [5.41, 5.74) is 5.81. The van der Waals surface area contributed by atoms with Crippen LogP contribution in [0.25, 0.3) is 0 Å². The van der Waals surface area contributed by atoms with Gasteiger partial charge in [0.25, 0.3) is 0 Å². The summed E-state index contributed by atoms with van der Waals surface area (Å²) in [7, 11) is 0. The summed E-state index contributed by atoms with van der Waals surface area (Å²) in [6.07, 6.45) is 6.99. The lowest BCUT2D eigenvalue weighted by Crippen LogP contribution is -2.36. The summed E-state index contributed by atoms with van der Waals surface area (Å²) in [5.74, 6) is 0. The lowest BCUT2D eigenvalue weighted by molar-refractivity contribution is 0.336. The van der Waals surface area contributed by atoms with E-state index < -0.39 is 0 Å². The van der Waals surface area contributed by atoms with Gasteiger partial charge in [0.15, 0.2) is 0 Å². The van der Waals surface area contributed by atoms with E-state index in [1.807, 2.05) is 0 Å². The van der Waals surface area contributed by atoms with Gasteiger partial charge in [0.1, 0.15) is 0 Å². The molecule has 1 fully saturated rings. The molecular weight excluding hydrogens is 212 g/mol. The van der Waals surface area contributed by atoms with E-state index in [1.54, 1.807) is 10.5 Å². The van der Waals surface area contributed by atoms with Gasteiger partial charge in [0.05, 0.1) is 0 Å². The van der Waals surface area contributed by atoms with Gasteiger partial charge < -0.3 is 0 Å². The minimum atomic E-state index is 0.623. The molecule has 85 valence electrons. The minimum absolute atomic E-state index is 0.623. The monoisotopic (exact) mass is 231 g/mol. The van der Waals surface area contributed by atoms with E-state index in [0.29, 0.717) is 4.75 Å². The fourth-order valence-corrected chi connectivity index (χ4v) is 4.81. The van der Waals surface area contributed by atoms with E-state index in [-0.39, 0.29) is 0 Å². The van der Waals surface area contributed by atoms with Crippen LogP contribution in [0.4, 0.5) is 0 Å². The summed E-state index contributed by atoms with van der Waals surface area (Å²) in [6.45, 7) is 6.70. The summed E-state index contributed by atoms with van der Waals surface area (Å²) < 4.78 is 0.623. The van der Waals surface area contributed by atoms with Gasteiger partial charge >= 0.3 is 0 Å². The quantitative estimate of drug-likeness (QED) is 0.639. The first-order chi connectivity index (χ1) is 7.61. The summed E-state index contributed by atoms with van der Waals surface area (Å²) in [5, 5.41) is 0. The lowest BCUT2D eigenvalue weighted by atomic mass is 9.79. The number of fused-ring (bicyclic) bond motifs is 1. The summed E-state index contributed by atoms with van der Waals surface area (Å²) in [4.78, 5) is 1.60. The Morgan fingerprint density at radius 1 is 1.06 bits per heavy atom. The molecule has 1 spiro atoms. The van der Waals surface area contributed by atoms with Crippen LogP contribution in [0, 0.1) is 26.8 Å². The van der Waals surface area contributed by atoms with Crippen molar-refractivity contribution in [2.24, 2.45) is 0 Å². The van der Waals surface area contributed by atoms with Gasteiger partial charge in [-0.1, -0.05) is 6.42 Å². The van der Waals surface area contributed by atoms with E-state index in [2.05, 4.69) is 38.6 Å². The van der Waals surface area contributed by atoms with Crippen molar-refractivity contribution in [1.82, 2.24) is 0 Å². The highest BCUT2D eigenvalue weighted by Gasteiger charge is 2.41. The predicted octanol–water partition coefficient (Wildman–Crippen LogP) is 4.37. The van der Waals surface area contributed by atoms with Gasteiger partial charge in [-0.2, -0.15) is 0 Å². The molecule has 0 aromatic heterocycles. The van der Waals surface area contributed by atoms with Crippen LogP contribution >= 0.6 is 11.8 Å². The lowest BCUT2D eigenvalue weighted by Gasteiger charge is -2.45. The smallest absolute Gasteiger partial charge is 0.0210 e. The number of aryl methyl sites for hydroxylation is 2. The molecule has 1 aromatic carbocycles. The Morgan fingerprint density at radius 3 is 2.44 bits per heavy atom. The molecule has 0 atom stereocenters. The van der Waals surface area contributed by atoms with Crippen molar-refractivity contribution in [3.63, 3.8) is 0 Å². The van der Waals surface area contributed by atoms with E-state index >= 15 is 0 Å². The van der Waals surface area contributed by atoms with Gasteiger partial charge in [0.2, 0.25) is 0 Å². The first kappa shape index (κ1) is 10.7. The second-order valence-electron chi connectivity index (χ2n) is 5.45. The zero-order valence-corrected chi connectivity index (χ0v) is 11.3. The number of benzene rings is 1. The van der Waals surface area contributed by atoms with Crippen molar-refractivity contribution in [2.75, 3.05) is 0 Å². The molecule has 1 aliphatic carbocycles. The van der Waals surface area contributed by atoms with Crippen molar-refractivity contribution in [2.45, 2.75) is 62.5 Å². The maximum absolute atomic E-state index is 3.52. The van der Waals surface area contributed by atoms with Gasteiger partial charge in [-0.25, -0.2) is 0 Å². The third-order valence-electron chi connectivity index (χ3n) is 4.42. The molecule has 1 saturated carbocycles. The fourth-order valence-electron chi connectivity index (χ4n) is 3.00. The molecule has 1 heteroatoms. The van der Waals surface area contributed by atoms with Crippen LogP contribution in [-0.4, -0.2) is 4.75 Å². The Hall–Kier alpha value is -0.430. The number of hydrogen-bond acceptors (Lipinski definition) is 1. The highest BCUT2D eigenvalue weighted by Crippen LogP contribution is 2.55. The molecule has 0 amide bonds. The van der Waals surface area contributed by atoms with Crippen LogP contribution in [0.15, 0.2) is 4.90 Å². The summed E-state index contributed by atoms with van der Waals surface area (Å²) >= 11 is 2.18. The van der Waals surface area contributed by atoms with E-state index in [9.17, 15) is 0 Å². The van der Waals surface area contributed by atoms with Crippen LogP contribution in [0.5, 0.6) is 0 Å². The average Bonchev–Trinajstić information content (AvgIpc) is 2.23. The third-order valence-corrected chi connectivity index (χ3v) is 6.22. The third kappa shape index (κ3) is 1.44. The zero-order valence-electron chi connectivity index (χ0n) is 10.4. The maximum atomic E-state index is 3.52. The van der Waals surface area contributed by atoms with Crippen LogP contribution < -0.4 is 0 Å². The molecule has 1 radical (unpaired) electrons. The second kappa shape index (κ2) is 3.53. The Kier molecular flexibility index (Phi) is 2.36. The molecule has 3 rings (SSSR count). The number of hydrogen-bond donors (Lipinski definition) is 0. The normalized spacial score (nSPS) is 21.7. The standard InChI is InChI=1S/C15H19S/c1-10-9-11(2)13-5-8-15(6-4-7-15)16-14(13)12(10)3/h4-8H2,1-3H3. The number of rotatable bonds is 0. The van der Waals surface area contributed by atoms with Crippen LogP contribution in [0.3, 0.4) is 0 Å². The Labute approximate surface area is 103 Å². The molecule has 1 aliphatic heterocycles. The van der Waals surface area contributed by atoms with Crippen LogP contribution in [0.1, 0.15) is 47.9 Å². The molecule has 0 unspecified atom stereocenters. The SMILES string of the molecule is Cc1[c]c(C)c2c(c1C)SC1(CCC1)CC2. The van der Waals surface area contributed by atoms with Crippen LogP contribution in [0.2, 0.25) is 0 Å². The predicted molar refractivity (Wildman–Crippen MR) is 70.2 cm³/mol. The fraction of sp³-hybridized carbons (Fsp3) is 0.600. The molecule has 0 nitrogen and oxygen atoms in total. The van der Waals surface area contributed by atoms with Gasteiger partial charge in [-0.15, -0.1) is 11.8 Å². The van der Waals surface area contributed by atoms with Gasteiger partial charge in [-0.3, -0.25) is 0 Å². The minimum Gasteiger partial charge on any atom is -0.119 e. The molecule has 1 heterocycles. The van der Waals surface area contributed by atoms with Crippen LogP contribution in [-0.2, 0) is 6.42 Å². The summed E-state index contributed by atoms with van der Waals surface area (Å²) in [6, 6.07) is 3.52. The molecule has 0 N–H and O–H groups in total. The molecule has 1 aromatic rings. The Balaban J connectivity index is 2.08. The average molecular weight is 231 g/mol. The Morgan fingerprint density at radius 2 is 1.81 bits per heavy atom. The topological polar surface area (TPSA) is 0 Å². The van der Waals surface area contributed by atoms with Crippen molar-refractivity contribution in [3.8, 4) is 0 Å². The second-order valence-corrected chi connectivity index (χ2v) is 6.92. The first-order valence-electron chi connectivity index (χ1n) is 6.32. The van der Waals surface area contributed by atoms with Crippen molar-refractivity contribution in [1.29, 1.82) is 0 Å². The van der Waals surface area contributed by atoms with Gasteiger partial charge in [0, 0.05) is 9.64 Å². The highest BCUT2D eigenvalue weighted by atomic mass is 32.2. The highest BCUT2D eigenvalue weighted by molar-refractivity contribution is 8.00. The molecule has 2 aliphatic rings. The first-order valence-corrected chi connectivity index (χ1v) is 7.14. The van der Waals surface area contributed by atoms with Crippen molar-refractivity contribution >= 4 is 11.8 Å². The van der Waals surface area contributed by atoms with E-state index in [1.165, 1.54) is 48.8 Å². The molecule has 0 bridgehead atoms. The van der Waals surface area contributed by atoms with Gasteiger partial charge in [-0.05, 0) is 74.8 Å². The zero-order chi connectivity index (χ0) is 11.3. The van der Waals surface area contributed by atoms with Crippen molar-refractivity contribution in [3.05, 3.63) is 28.3 Å². The van der Waals surface area contributed by atoms with Crippen molar-refractivity contribution < 1.29 is 0 Å². The molecular formula is C15H19S.